The summed E-state index contributed by atoms with van der Waals surface area (Å²) in [7, 11) is 0. The van der Waals surface area contributed by atoms with Crippen LogP contribution in [-0.2, 0) is 14.3 Å². The molecule has 1 fully saturated rings. The van der Waals surface area contributed by atoms with Gasteiger partial charge in [-0.2, -0.15) is 0 Å². The van der Waals surface area contributed by atoms with Gasteiger partial charge in [0.25, 0.3) is 0 Å². The van der Waals surface area contributed by atoms with Gasteiger partial charge in [0, 0.05) is 18.4 Å². The van der Waals surface area contributed by atoms with Crippen molar-refractivity contribution in [2.24, 2.45) is 11.8 Å². The lowest BCUT2D eigenvalue weighted by atomic mass is 10.0. The first-order valence-electron chi connectivity index (χ1n) is 5.32. The molecule has 1 aliphatic carbocycles. The average molecular weight is 212 g/mol. The topological polar surface area (TPSA) is 55.8 Å². The molecule has 4 heteroatoms. The summed E-state index contributed by atoms with van der Waals surface area (Å²) in [5.41, 5.74) is 0. The fraction of sp³-hybridized carbons (Fsp3) is 0.727. The van der Waals surface area contributed by atoms with Gasteiger partial charge in [-0.3, -0.25) is 0 Å². The maximum Gasteiger partial charge on any atom is 0.335 e. The van der Waals surface area contributed by atoms with E-state index in [1.54, 1.807) is 0 Å². The number of carbonyl (C=O) groups is 1. The van der Waals surface area contributed by atoms with Crippen LogP contribution in [0.3, 0.4) is 0 Å². The summed E-state index contributed by atoms with van der Waals surface area (Å²) in [6, 6.07) is 0. The van der Waals surface area contributed by atoms with Crippen molar-refractivity contribution in [3.63, 3.8) is 0 Å². The molecule has 2 aliphatic rings. The normalized spacial score (nSPS) is 34.4. The minimum Gasteiger partial charge on any atom is -0.463 e. The summed E-state index contributed by atoms with van der Waals surface area (Å²) < 4.78 is 10.5. The molecule has 2 bridgehead atoms. The Bertz CT molecular complexity index is 274. The van der Waals surface area contributed by atoms with Crippen LogP contribution in [0.4, 0.5) is 0 Å². The van der Waals surface area contributed by atoms with Gasteiger partial charge in [-0.25, -0.2) is 4.79 Å². The van der Waals surface area contributed by atoms with Crippen molar-refractivity contribution in [2.45, 2.75) is 25.6 Å². The Morgan fingerprint density at radius 3 is 3.00 bits per heavy atom. The summed E-state index contributed by atoms with van der Waals surface area (Å²) >= 11 is 0. The standard InChI is InChI=1S/C11H16O4/c1-7(5-12)6-14-11(13)10-8-2-3-9(4-8)15-10/h2-3,7-10,12H,4-6H2,1H3. The lowest BCUT2D eigenvalue weighted by molar-refractivity contribution is -0.158. The lowest BCUT2D eigenvalue weighted by Gasteiger charge is -2.18. The van der Waals surface area contributed by atoms with E-state index >= 15 is 0 Å². The number of carbonyl (C=O) groups excluding carboxylic acids is 1. The number of hydrogen-bond donors (Lipinski definition) is 1. The van der Waals surface area contributed by atoms with Crippen LogP contribution in [0.5, 0.6) is 0 Å². The molecule has 0 amide bonds. The highest BCUT2D eigenvalue weighted by molar-refractivity contribution is 5.76. The van der Waals surface area contributed by atoms with E-state index in [0.29, 0.717) is 0 Å². The molecule has 0 radical (unpaired) electrons. The predicted octanol–water partition coefficient (Wildman–Crippen LogP) is 0.501. The predicted molar refractivity (Wildman–Crippen MR) is 53.1 cm³/mol. The van der Waals surface area contributed by atoms with E-state index in [0.717, 1.165) is 6.42 Å². The van der Waals surface area contributed by atoms with E-state index < -0.39 is 6.10 Å². The van der Waals surface area contributed by atoms with Crippen LogP contribution in [0.1, 0.15) is 13.3 Å². The van der Waals surface area contributed by atoms with Gasteiger partial charge in [-0.1, -0.05) is 19.1 Å². The van der Waals surface area contributed by atoms with Gasteiger partial charge in [0.2, 0.25) is 0 Å². The minimum absolute atomic E-state index is 0.0110. The molecule has 0 spiro atoms. The Hall–Kier alpha value is -0.870. The van der Waals surface area contributed by atoms with Crippen LogP contribution in [0.25, 0.3) is 0 Å². The van der Waals surface area contributed by atoms with E-state index in [9.17, 15) is 4.79 Å². The van der Waals surface area contributed by atoms with Gasteiger partial charge in [0.05, 0.1) is 12.7 Å². The number of aliphatic hydroxyl groups is 1. The second kappa shape index (κ2) is 4.33. The summed E-state index contributed by atoms with van der Waals surface area (Å²) in [6.45, 7) is 2.12. The quantitative estimate of drug-likeness (QED) is 0.544. The summed E-state index contributed by atoms with van der Waals surface area (Å²) in [5.74, 6) is -0.123. The first-order chi connectivity index (χ1) is 7.20. The van der Waals surface area contributed by atoms with Crippen molar-refractivity contribution in [3.8, 4) is 0 Å². The maximum atomic E-state index is 11.6. The van der Waals surface area contributed by atoms with Crippen molar-refractivity contribution in [3.05, 3.63) is 12.2 Å². The van der Waals surface area contributed by atoms with Gasteiger partial charge in [-0.05, 0) is 6.42 Å². The average Bonchev–Trinajstić information content (AvgIpc) is 2.86. The Kier molecular flexibility index (Phi) is 3.07. The molecule has 84 valence electrons. The molecule has 0 saturated carbocycles. The van der Waals surface area contributed by atoms with Gasteiger partial charge in [-0.15, -0.1) is 0 Å². The number of ether oxygens (including phenoxy) is 2. The van der Waals surface area contributed by atoms with Crippen LogP contribution in [0, 0.1) is 11.8 Å². The molecule has 1 heterocycles. The Morgan fingerprint density at radius 1 is 1.67 bits per heavy atom. The summed E-state index contributed by atoms with van der Waals surface area (Å²) in [6.07, 6.45) is 4.59. The number of hydrogen-bond acceptors (Lipinski definition) is 4. The van der Waals surface area contributed by atoms with Gasteiger partial charge < -0.3 is 14.6 Å². The number of esters is 1. The summed E-state index contributed by atoms with van der Waals surface area (Å²) in [4.78, 5) is 11.6. The van der Waals surface area contributed by atoms with Crippen molar-refractivity contribution >= 4 is 5.97 Å². The first kappa shape index (κ1) is 10.6. The fourth-order valence-electron chi connectivity index (χ4n) is 1.90. The zero-order chi connectivity index (χ0) is 10.8. The van der Waals surface area contributed by atoms with E-state index in [1.165, 1.54) is 0 Å². The molecule has 0 aromatic heterocycles. The minimum atomic E-state index is -0.425. The van der Waals surface area contributed by atoms with Crippen molar-refractivity contribution < 1.29 is 19.4 Å². The highest BCUT2D eigenvalue weighted by Gasteiger charge is 2.42. The maximum absolute atomic E-state index is 11.6. The third-order valence-corrected chi connectivity index (χ3v) is 2.84. The smallest absolute Gasteiger partial charge is 0.335 e. The van der Waals surface area contributed by atoms with Gasteiger partial charge in [0.1, 0.15) is 0 Å². The van der Waals surface area contributed by atoms with Gasteiger partial charge >= 0.3 is 5.97 Å². The molecular weight excluding hydrogens is 196 g/mol. The zero-order valence-corrected chi connectivity index (χ0v) is 8.76. The number of fused-ring (bicyclic) bond motifs is 2. The molecule has 15 heavy (non-hydrogen) atoms. The molecule has 1 saturated heterocycles. The highest BCUT2D eigenvalue weighted by atomic mass is 16.6. The van der Waals surface area contributed by atoms with Crippen LogP contribution in [-0.4, -0.2) is 36.5 Å². The Morgan fingerprint density at radius 2 is 2.47 bits per heavy atom. The monoisotopic (exact) mass is 212 g/mol. The summed E-state index contributed by atoms with van der Waals surface area (Å²) in [5, 5.41) is 8.78. The lowest BCUT2D eigenvalue weighted by Crippen LogP contribution is -2.31. The van der Waals surface area contributed by atoms with Gasteiger partial charge in [0.15, 0.2) is 6.10 Å². The second-order valence-corrected chi connectivity index (χ2v) is 4.30. The zero-order valence-electron chi connectivity index (χ0n) is 8.76. The third-order valence-electron chi connectivity index (χ3n) is 2.84. The van der Waals surface area contributed by atoms with Crippen molar-refractivity contribution in [2.75, 3.05) is 13.2 Å². The van der Waals surface area contributed by atoms with Crippen LogP contribution in [0.2, 0.25) is 0 Å². The van der Waals surface area contributed by atoms with Crippen LogP contribution < -0.4 is 0 Å². The number of aliphatic hydroxyl groups excluding tert-OH is 1. The first-order valence-corrected chi connectivity index (χ1v) is 5.32. The number of rotatable bonds is 4. The van der Waals surface area contributed by atoms with Crippen molar-refractivity contribution in [1.29, 1.82) is 0 Å². The van der Waals surface area contributed by atoms with E-state index in [1.807, 2.05) is 19.1 Å². The second-order valence-electron chi connectivity index (χ2n) is 4.30. The Labute approximate surface area is 88.9 Å². The molecular formula is C11H16O4. The molecule has 0 aromatic rings. The SMILES string of the molecule is CC(CO)COC(=O)C1OC2C=CC1C2. The van der Waals surface area contributed by atoms with E-state index in [-0.39, 0.29) is 37.1 Å². The van der Waals surface area contributed by atoms with E-state index in [4.69, 9.17) is 14.6 Å². The van der Waals surface area contributed by atoms with Crippen LogP contribution >= 0.6 is 0 Å². The third kappa shape index (κ3) is 2.21. The Balaban J connectivity index is 1.80. The molecule has 1 aliphatic heterocycles. The highest BCUT2D eigenvalue weighted by Crippen LogP contribution is 2.34. The molecule has 2 rings (SSSR count). The molecule has 0 aromatic carbocycles. The molecule has 1 N–H and O–H groups in total. The van der Waals surface area contributed by atoms with Crippen molar-refractivity contribution in [1.82, 2.24) is 0 Å². The largest absolute Gasteiger partial charge is 0.463 e. The molecule has 4 nitrogen and oxygen atoms in total. The van der Waals surface area contributed by atoms with E-state index in [2.05, 4.69) is 0 Å². The fourth-order valence-corrected chi connectivity index (χ4v) is 1.90. The molecule has 4 unspecified atom stereocenters. The molecule has 4 atom stereocenters. The van der Waals surface area contributed by atoms with Crippen LogP contribution in [0.15, 0.2) is 12.2 Å².